The second-order valence-corrected chi connectivity index (χ2v) is 6.38. The second kappa shape index (κ2) is 5.48. The van der Waals surface area contributed by atoms with Crippen LogP contribution in [0.3, 0.4) is 0 Å². The molecule has 1 aliphatic heterocycles. The monoisotopic (exact) mass is 303 g/mol. The van der Waals surface area contributed by atoms with E-state index < -0.39 is 11.9 Å². The molecule has 1 saturated heterocycles. The van der Waals surface area contributed by atoms with Crippen LogP contribution in [0.5, 0.6) is 0 Å². The largest absolute Gasteiger partial charge is 0.481 e. The summed E-state index contributed by atoms with van der Waals surface area (Å²) in [6.07, 6.45) is 1.61. The Kier molecular flexibility index (Phi) is 3.68. The highest BCUT2D eigenvalue weighted by Gasteiger charge is 2.37. The molecular formula is C16H17NO3S. The van der Waals surface area contributed by atoms with E-state index in [-0.39, 0.29) is 11.9 Å². The summed E-state index contributed by atoms with van der Waals surface area (Å²) in [5, 5.41) is 12.6. The van der Waals surface area contributed by atoms with Crippen molar-refractivity contribution in [1.29, 1.82) is 0 Å². The van der Waals surface area contributed by atoms with Crippen LogP contribution in [0, 0.1) is 5.92 Å². The molecule has 0 saturated carbocycles. The summed E-state index contributed by atoms with van der Waals surface area (Å²) in [5.74, 6) is -1.34. The van der Waals surface area contributed by atoms with Crippen LogP contribution in [0.4, 0.5) is 0 Å². The molecule has 0 radical (unpaired) electrons. The van der Waals surface area contributed by atoms with E-state index in [0.717, 1.165) is 15.6 Å². The number of aliphatic carboxylic acids is 1. The van der Waals surface area contributed by atoms with Crippen LogP contribution in [0.1, 0.15) is 30.9 Å². The first kappa shape index (κ1) is 14.1. The van der Waals surface area contributed by atoms with Gasteiger partial charge in [-0.2, -0.15) is 0 Å². The van der Waals surface area contributed by atoms with Gasteiger partial charge < -0.3 is 10.0 Å². The molecule has 4 nitrogen and oxygen atoms in total. The Hall–Kier alpha value is -1.88. The number of rotatable bonds is 2. The van der Waals surface area contributed by atoms with E-state index >= 15 is 0 Å². The molecule has 2 aromatic rings. The normalized spacial score (nSPS) is 23.3. The van der Waals surface area contributed by atoms with Crippen LogP contribution >= 0.6 is 11.3 Å². The molecule has 1 N–H and O–H groups in total. The lowest BCUT2D eigenvalue weighted by Gasteiger charge is -2.30. The number of hydrogen-bond donors (Lipinski definition) is 1. The van der Waals surface area contributed by atoms with Crippen molar-refractivity contribution in [2.75, 3.05) is 7.05 Å². The summed E-state index contributed by atoms with van der Waals surface area (Å²) >= 11 is 1.60. The van der Waals surface area contributed by atoms with Gasteiger partial charge in [-0.15, -0.1) is 11.3 Å². The van der Waals surface area contributed by atoms with E-state index in [2.05, 4.69) is 0 Å². The first-order valence-corrected chi connectivity index (χ1v) is 7.92. The predicted octanol–water partition coefficient (Wildman–Crippen LogP) is 3.29. The van der Waals surface area contributed by atoms with Crippen molar-refractivity contribution in [2.45, 2.75) is 25.3 Å². The van der Waals surface area contributed by atoms with E-state index in [9.17, 15) is 14.7 Å². The zero-order valence-corrected chi connectivity index (χ0v) is 12.6. The van der Waals surface area contributed by atoms with Crippen molar-refractivity contribution >= 4 is 33.3 Å². The number of carbonyl (C=O) groups excluding carboxylic acids is 1. The van der Waals surface area contributed by atoms with E-state index in [4.69, 9.17) is 0 Å². The number of benzene rings is 1. The lowest BCUT2D eigenvalue weighted by Crippen LogP contribution is -2.36. The molecule has 2 unspecified atom stereocenters. The summed E-state index contributed by atoms with van der Waals surface area (Å²) in [6, 6.07) is 7.57. The zero-order chi connectivity index (χ0) is 15.0. The van der Waals surface area contributed by atoms with Gasteiger partial charge in [0.1, 0.15) is 0 Å². The van der Waals surface area contributed by atoms with Gasteiger partial charge in [0.2, 0.25) is 5.91 Å². The van der Waals surface area contributed by atoms with Gasteiger partial charge in [-0.1, -0.05) is 18.2 Å². The molecular weight excluding hydrogens is 286 g/mol. The minimum Gasteiger partial charge on any atom is -0.481 e. The lowest BCUT2D eigenvalue weighted by atomic mass is 9.89. The molecule has 21 heavy (non-hydrogen) atoms. The number of fused-ring (bicyclic) bond motifs is 1. The van der Waals surface area contributed by atoms with Gasteiger partial charge in [0, 0.05) is 18.2 Å². The Balaban J connectivity index is 2.13. The fourth-order valence-electron chi connectivity index (χ4n) is 3.14. The number of amides is 1. The fourth-order valence-corrected chi connectivity index (χ4v) is 4.13. The lowest BCUT2D eigenvalue weighted by molar-refractivity contribution is -0.145. The van der Waals surface area contributed by atoms with E-state index in [1.54, 1.807) is 23.3 Å². The van der Waals surface area contributed by atoms with Crippen molar-refractivity contribution in [1.82, 2.24) is 4.90 Å². The predicted molar refractivity (Wildman–Crippen MR) is 82.3 cm³/mol. The molecule has 2 atom stereocenters. The summed E-state index contributed by atoms with van der Waals surface area (Å²) in [4.78, 5) is 25.5. The van der Waals surface area contributed by atoms with Crippen LogP contribution in [-0.2, 0) is 9.59 Å². The summed E-state index contributed by atoms with van der Waals surface area (Å²) in [7, 11) is 1.72. The summed E-state index contributed by atoms with van der Waals surface area (Å²) in [5.41, 5.74) is 0.959. The molecule has 1 amide bonds. The van der Waals surface area contributed by atoms with Gasteiger partial charge in [0.25, 0.3) is 0 Å². The standard InChI is InChI=1S/C16H17NO3S/c1-17-14(18)8-4-6-11(16(19)20)15(17)12-9-21-13-7-3-2-5-10(12)13/h2-3,5,7,9,11,15H,4,6,8H2,1H3,(H,19,20). The highest BCUT2D eigenvalue weighted by Crippen LogP contribution is 2.40. The number of likely N-dealkylation sites (tertiary alicyclic amines) is 1. The SMILES string of the molecule is CN1C(=O)CCCC(C(=O)O)C1c1csc2ccccc12. The fraction of sp³-hybridized carbons (Fsp3) is 0.375. The third kappa shape index (κ3) is 2.42. The van der Waals surface area contributed by atoms with Crippen LogP contribution in [-0.4, -0.2) is 28.9 Å². The van der Waals surface area contributed by atoms with Crippen LogP contribution < -0.4 is 0 Å². The Bertz CT molecular complexity index is 694. The third-order valence-electron chi connectivity index (χ3n) is 4.24. The third-order valence-corrected chi connectivity index (χ3v) is 5.23. The van der Waals surface area contributed by atoms with E-state index in [0.29, 0.717) is 19.3 Å². The van der Waals surface area contributed by atoms with Crippen molar-refractivity contribution in [2.24, 2.45) is 5.92 Å². The van der Waals surface area contributed by atoms with Gasteiger partial charge >= 0.3 is 5.97 Å². The Morgan fingerprint density at radius 2 is 2.14 bits per heavy atom. The zero-order valence-electron chi connectivity index (χ0n) is 11.8. The van der Waals surface area contributed by atoms with Gasteiger partial charge in [0.15, 0.2) is 0 Å². The number of carboxylic acid groups (broad SMARTS) is 1. The molecule has 0 spiro atoms. The number of hydrogen-bond acceptors (Lipinski definition) is 3. The Morgan fingerprint density at radius 3 is 2.90 bits per heavy atom. The average molecular weight is 303 g/mol. The maximum atomic E-state index is 12.2. The van der Waals surface area contributed by atoms with E-state index in [1.807, 2.05) is 29.6 Å². The number of thiophene rings is 1. The maximum absolute atomic E-state index is 12.2. The highest BCUT2D eigenvalue weighted by atomic mass is 32.1. The Labute approximate surface area is 127 Å². The van der Waals surface area contributed by atoms with Crippen molar-refractivity contribution in [3.8, 4) is 0 Å². The summed E-state index contributed by atoms with van der Waals surface area (Å²) in [6.45, 7) is 0. The highest BCUT2D eigenvalue weighted by molar-refractivity contribution is 7.17. The Morgan fingerprint density at radius 1 is 1.38 bits per heavy atom. The minimum absolute atomic E-state index is 0.0269. The molecule has 1 aromatic carbocycles. The van der Waals surface area contributed by atoms with Crippen LogP contribution in [0.25, 0.3) is 10.1 Å². The van der Waals surface area contributed by atoms with Crippen molar-refractivity contribution < 1.29 is 14.7 Å². The van der Waals surface area contributed by atoms with Crippen LogP contribution in [0.2, 0.25) is 0 Å². The summed E-state index contributed by atoms with van der Waals surface area (Å²) < 4.78 is 1.13. The molecule has 110 valence electrons. The number of carboxylic acids is 1. The molecule has 5 heteroatoms. The number of carbonyl (C=O) groups is 2. The molecule has 1 fully saturated rings. The topological polar surface area (TPSA) is 57.6 Å². The van der Waals surface area contributed by atoms with Gasteiger partial charge in [0.05, 0.1) is 12.0 Å². The molecule has 3 rings (SSSR count). The quantitative estimate of drug-likeness (QED) is 0.926. The molecule has 2 heterocycles. The minimum atomic E-state index is -0.822. The van der Waals surface area contributed by atoms with Gasteiger partial charge in [-0.3, -0.25) is 9.59 Å². The average Bonchev–Trinajstić information content (AvgIpc) is 2.83. The first-order chi connectivity index (χ1) is 10.1. The smallest absolute Gasteiger partial charge is 0.308 e. The van der Waals surface area contributed by atoms with Crippen LogP contribution in [0.15, 0.2) is 29.6 Å². The molecule has 1 aromatic heterocycles. The maximum Gasteiger partial charge on any atom is 0.308 e. The number of nitrogens with zero attached hydrogens (tertiary/aromatic N) is 1. The van der Waals surface area contributed by atoms with Crippen molar-refractivity contribution in [3.63, 3.8) is 0 Å². The van der Waals surface area contributed by atoms with E-state index in [1.165, 1.54) is 0 Å². The second-order valence-electron chi connectivity index (χ2n) is 5.47. The van der Waals surface area contributed by atoms with Crippen molar-refractivity contribution in [3.05, 3.63) is 35.2 Å². The molecule has 0 aliphatic carbocycles. The molecule has 0 bridgehead atoms. The van der Waals surface area contributed by atoms with Gasteiger partial charge in [-0.25, -0.2) is 0 Å². The first-order valence-electron chi connectivity index (χ1n) is 7.04. The van der Waals surface area contributed by atoms with Gasteiger partial charge in [-0.05, 0) is 35.2 Å². The molecule has 1 aliphatic rings.